The zero-order valence-corrected chi connectivity index (χ0v) is 18.5. The Morgan fingerprint density at radius 1 is 0.903 bits per heavy atom. The molecular formula is C23H29N3O5. The molecule has 0 saturated heterocycles. The van der Waals surface area contributed by atoms with Crippen LogP contribution in [-0.4, -0.2) is 48.6 Å². The first kappa shape index (κ1) is 23.7. The van der Waals surface area contributed by atoms with Crippen LogP contribution < -0.4 is 15.4 Å². The van der Waals surface area contributed by atoms with Crippen molar-refractivity contribution in [3.63, 3.8) is 0 Å². The molecule has 0 aliphatic carbocycles. The van der Waals surface area contributed by atoms with Crippen molar-refractivity contribution < 1.29 is 23.9 Å². The fraction of sp³-hybridized carbons (Fsp3) is 0.348. The van der Waals surface area contributed by atoms with Gasteiger partial charge in [-0.1, -0.05) is 0 Å². The molecule has 0 radical (unpaired) electrons. The van der Waals surface area contributed by atoms with Gasteiger partial charge in [0.1, 0.15) is 17.9 Å². The Labute approximate surface area is 182 Å². The van der Waals surface area contributed by atoms with Crippen molar-refractivity contribution in [2.75, 3.05) is 30.8 Å². The van der Waals surface area contributed by atoms with Gasteiger partial charge in [-0.2, -0.15) is 0 Å². The first-order chi connectivity index (χ1) is 14.6. The highest BCUT2D eigenvalue weighted by molar-refractivity contribution is 6.04. The van der Waals surface area contributed by atoms with Gasteiger partial charge >= 0.3 is 6.09 Å². The van der Waals surface area contributed by atoms with Crippen molar-refractivity contribution in [1.82, 2.24) is 4.90 Å². The molecule has 166 valence electrons. The molecule has 3 amide bonds. The lowest BCUT2D eigenvalue weighted by Crippen LogP contribution is -2.38. The van der Waals surface area contributed by atoms with Gasteiger partial charge in [-0.3, -0.25) is 9.59 Å². The second-order valence-corrected chi connectivity index (χ2v) is 7.87. The predicted octanol–water partition coefficient (Wildman–Crippen LogP) is 4.14. The van der Waals surface area contributed by atoms with Crippen LogP contribution in [0.4, 0.5) is 16.2 Å². The Hall–Kier alpha value is -3.55. The summed E-state index contributed by atoms with van der Waals surface area (Å²) in [6.07, 6.45) is -0.580. The summed E-state index contributed by atoms with van der Waals surface area (Å²) >= 11 is 0. The molecule has 0 aliphatic heterocycles. The van der Waals surface area contributed by atoms with Crippen LogP contribution in [0.2, 0.25) is 0 Å². The summed E-state index contributed by atoms with van der Waals surface area (Å²) in [5.74, 6) is 0.0875. The zero-order valence-electron chi connectivity index (χ0n) is 18.5. The number of amides is 3. The van der Waals surface area contributed by atoms with Crippen molar-refractivity contribution in [2.24, 2.45) is 0 Å². The average molecular weight is 428 g/mol. The molecule has 8 nitrogen and oxygen atoms in total. The van der Waals surface area contributed by atoms with Gasteiger partial charge in [0.05, 0.1) is 6.61 Å². The molecule has 0 aliphatic rings. The fourth-order valence-electron chi connectivity index (χ4n) is 2.53. The van der Waals surface area contributed by atoms with Gasteiger partial charge in [0, 0.05) is 24.0 Å². The van der Waals surface area contributed by atoms with Gasteiger partial charge < -0.3 is 25.0 Å². The smallest absolute Gasteiger partial charge is 0.410 e. The lowest BCUT2D eigenvalue weighted by molar-refractivity contribution is -0.117. The number of carbonyl (C=O) groups excluding carboxylic acids is 3. The van der Waals surface area contributed by atoms with Gasteiger partial charge in [0.2, 0.25) is 5.91 Å². The van der Waals surface area contributed by atoms with E-state index >= 15 is 0 Å². The molecule has 0 fully saturated rings. The fourth-order valence-corrected chi connectivity index (χ4v) is 2.53. The van der Waals surface area contributed by atoms with Gasteiger partial charge in [0.15, 0.2) is 0 Å². The third-order valence-electron chi connectivity index (χ3n) is 3.94. The summed E-state index contributed by atoms with van der Waals surface area (Å²) in [7, 11) is 1.49. The number of nitrogens with zero attached hydrogens (tertiary/aromatic N) is 1. The van der Waals surface area contributed by atoms with E-state index in [9.17, 15) is 14.4 Å². The van der Waals surface area contributed by atoms with E-state index in [2.05, 4.69) is 10.6 Å². The van der Waals surface area contributed by atoms with Crippen LogP contribution in [0.1, 0.15) is 38.1 Å². The monoisotopic (exact) mass is 427 g/mol. The van der Waals surface area contributed by atoms with Crippen molar-refractivity contribution >= 4 is 29.3 Å². The van der Waals surface area contributed by atoms with E-state index in [1.165, 1.54) is 11.9 Å². The van der Waals surface area contributed by atoms with Crippen molar-refractivity contribution in [3.8, 4) is 5.75 Å². The Morgan fingerprint density at radius 2 is 1.45 bits per heavy atom. The highest BCUT2D eigenvalue weighted by Gasteiger charge is 2.21. The molecule has 31 heavy (non-hydrogen) atoms. The van der Waals surface area contributed by atoms with Crippen LogP contribution >= 0.6 is 0 Å². The Morgan fingerprint density at radius 3 is 2.00 bits per heavy atom. The number of benzene rings is 2. The summed E-state index contributed by atoms with van der Waals surface area (Å²) in [5, 5.41) is 5.50. The molecule has 0 aromatic heterocycles. The van der Waals surface area contributed by atoms with Crippen molar-refractivity contribution in [2.45, 2.75) is 33.3 Å². The van der Waals surface area contributed by atoms with E-state index in [1.807, 2.05) is 6.92 Å². The van der Waals surface area contributed by atoms with Crippen LogP contribution in [0, 0.1) is 0 Å². The SMILES string of the molecule is CCOc1ccc(NC(=O)c2ccc(NC(=O)CN(C)C(=O)OC(C)(C)C)cc2)cc1. The summed E-state index contributed by atoms with van der Waals surface area (Å²) < 4.78 is 10.6. The number of likely N-dealkylation sites (N-methyl/N-ethyl adjacent to an activating group) is 1. The number of carbonyl (C=O) groups is 3. The maximum Gasteiger partial charge on any atom is 0.410 e. The van der Waals surface area contributed by atoms with Gasteiger partial charge in [-0.25, -0.2) is 4.79 Å². The van der Waals surface area contributed by atoms with Gasteiger partial charge in [-0.05, 0) is 76.2 Å². The van der Waals surface area contributed by atoms with E-state index in [4.69, 9.17) is 9.47 Å². The number of hydrogen-bond acceptors (Lipinski definition) is 5. The predicted molar refractivity (Wildman–Crippen MR) is 119 cm³/mol. The lowest BCUT2D eigenvalue weighted by Gasteiger charge is -2.24. The Bertz CT molecular complexity index is 902. The Kier molecular flexibility index (Phi) is 8.01. The highest BCUT2D eigenvalue weighted by atomic mass is 16.6. The standard InChI is InChI=1S/C23H29N3O5/c1-6-30-19-13-11-18(12-14-19)25-21(28)16-7-9-17(10-8-16)24-20(27)15-26(5)22(29)31-23(2,3)4/h7-14H,6,15H2,1-5H3,(H,24,27)(H,25,28). The second-order valence-electron chi connectivity index (χ2n) is 7.87. The lowest BCUT2D eigenvalue weighted by atomic mass is 10.2. The average Bonchev–Trinajstić information content (AvgIpc) is 2.68. The highest BCUT2D eigenvalue weighted by Crippen LogP contribution is 2.17. The molecule has 2 rings (SSSR count). The minimum atomic E-state index is -0.635. The molecule has 8 heteroatoms. The zero-order chi connectivity index (χ0) is 23.0. The van der Waals surface area contributed by atoms with Crippen LogP contribution in [-0.2, 0) is 9.53 Å². The van der Waals surface area contributed by atoms with Crippen molar-refractivity contribution in [1.29, 1.82) is 0 Å². The van der Waals surface area contributed by atoms with Crippen LogP contribution in [0.3, 0.4) is 0 Å². The van der Waals surface area contributed by atoms with Crippen molar-refractivity contribution in [3.05, 3.63) is 54.1 Å². The minimum Gasteiger partial charge on any atom is -0.494 e. The molecule has 0 bridgehead atoms. The number of anilines is 2. The quantitative estimate of drug-likeness (QED) is 0.692. The topological polar surface area (TPSA) is 97.0 Å². The van der Waals surface area contributed by atoms with E-state index in [0.717, 1.165) is 5.75 Å². The van der Waals surface area contributed by atoms with Gasteiger partial charge in [-0.15, -0.1) is 0 Å². The van der Waals surface area contributed by atoms with E-state index in [0.29, 0.717) is 23.5 Å². The maximum atomic E-state index is 12.4. The molecule has 0 unspecified atom stereocenters. The molecule has 0 heterocycles. The van der Waals surface area contributed by atoms with Crippen LogP contribution in [0.15, 0.2) is 48.5 Å². The molecule has 0 saturated carbocycles. The van der Waals surface area contributed by atoms with E-state index in [1.54, 1.807) is 69.3 Å². The normalized spacial score (nSPS) is 10.7. The van der Waals surface area contributed by atoms with E-state index in [-0.39, 0.29) is 18.4 Å². The third-order valence-corrected chi connectivity index (χ3v) is 3.94. The summed E-state index contributed by atoms with van der Waals surface area (Å²) in [6.45, 7) is 7.59. The summed E-state index contributed by atoms with van der Waals surface area (Å²) in [4.78, 5) is 37.7. The number of nitrogens with one attached hydrogen (secondary N) is 2. The summed E-state index contributed by atoms with van der Waals surface area (Å²) in [6, 6.07) is 13.6. The van der Waals surface area contributed by atoms with Crippen LogP contribution in [0.25, 0.3) is 0 Å². The Balaban J connectivity index is 1.88. The number of ether oxygens (including phenoxy) is 2. The molecular weight excluding hydrogens is 398 g/mol. The molecule has 0 atom stereocenters. The van der Waals surface area contributed by atoms with Crippen LogP contribution in [0.5, 0.6) is 5.75 Å². The maximum absolute atomic E-state index is 12.4. The minimum absolute atomic E-state index is 0.158. The first-order valence-electron chi connectivity index (χ1n) is 9.95. The third kappa shape index (κ3) is 8.00. The van der Waals surface area contributed by atoms with E-state index < -0.39 is 11.7 Å². The largest absolute Gasteiger partial charge is 0.494 e. The van der Waals surface area contributed by atoms with Gasteiger partial charge in [0.25, 0.3) is 5.91 Å². The first-order valence-corrected chi connectivity index (χ1v) is 9.95. The number of rotatable bonds is 7. The molecule has 2 aromatic carbocycles. The summed E-state index contributed by atoms with van der Waals surface area (Å²) in [5.41, 5.74) is 0.970. The molecule has 0 spiro atoms. The second kappa shape index (κ2) is 10.5. The molecule has 2 aromatic rings. The molecule has 2 N–H and O–H groups in total. The number of hydrogen-bond donors (Lipinski definition) is 2.